The van der Waals surface area contributed by atoms with Crippen LogP contribution >= 0.6 is 54.5 Å². The van der Waals surface area contributed by atoms with Gasteiger partial charge < -0.3 is 0 Å². The van der Waals surface area contributed by atoms with Crippen molar-refractivity contribution in [2.75, 3.05) is 0 Å². The predicted octanol–water partition coefficient (Wildman–Crippen LogP) is 8.97. The van der Waals surface area contributed by atoms with Crippen molar-refractivity contribution in [1.82, 2.24) is 0 Å². The quantitative estimate of drug-likeness (QED) is 0.227. The molecule has 2 aromatic heterocycles. The first-order valence-electron chi connectivity index (χ1n) is 8.17. The fourth-order valence-electron chi connectivity index (χ4n) is 3.18. The lowest BCUT2D eigenvalue weighted by Gasteiger charge is -1.97. The van der Waals surface area contributed by atoms with Crippen LogP contribution in [0.25, 0.3) is 41.1 Å². The van der Waals surface area contributed by atoms with Gasteiger partial charge in [0.05, 0.1) is 0 Å². The summed E-state index contributed by atoms with van der Waals surface area (Å²) in [7, 11) is 0. The molecule has 0 amide bonds. The number of hydrogen-bond acceptors (Lipinski definition) is 2. The maximum Gasteiger partial charge on any atom is 0.0497 e. The maximum atomic E-state index is 3.85. The summed E-state index contributed by atoms with van der Waals surface area (Å²) in [6, 6.07) is 25.8. The minimum atomic E-state index is 1.19. The molecule has 4 heteroatoms. The zero-order chi connectivity index (χ0) is 17.7. The fourth-order valence-corrected chi connectivity index (χ4v) is 7.28. The molecule has 0 fully saturated rings. The highest BCUT2D eigenvalue weighted by molar-refractivity contribution is 9.11. The van der Waals surface area contributed by atoms with Crippen LogP contribution in [0.1, 0.15) is 0 Å². The average molecular weight is 500 g/mol. The number of halogens is 2. The Kier molecular flexibility index (Phi) is 4.24. The Hall–Kier alpha value is -1.46. The molecule has 0 bridgehead atoms. The van der Waals surface area contributed by atoms with E-state index in [1.807, 2.05) is 22.7 Å². The van der Waals surface area contributed by atoms with Gasteiger partial charge in [0.25, 0.3) is 0 Å². The monoisotopic (exact) mass is 498 g/mol. The molecule has 126 valence electrons. The van der Waals surface area contributed by atoms with Crippen molar-refractivity contribution in [3.8, 4) is 20.9 Å². The van der Waals surface area contributed by atoms with Gasteiger partial charge in [0, 0.05) is 38.9 Å². The zero-order valence-electron chi connectivity index (χ0n) is 13.5. The standard InChI is InChI=1S/C22H12Br2S2/c23-19-15-11-18-16(20(24)22(26-18)14-9-5-2-6-10-14)12-17(15)25-21(19)13-7-3-1-4-8-13/h1-12H. The van der Waals surface area contributed by atoms with E-state index in [4.69, 9.17) is 0 Å². The largest absolute Gasteiger partial charge is 0.134 e. The second kappa shape index (κ2) is 6.61. The van der Waals surface area contributed by atoms with E-state index in [-0.39, 0.29) is 0 Å². The Balaban J connectivity index is 1.74. The van der Waals surface area contributed by atoms with Crippen LogP contribution in [0.2, 0.25) is 0 Å². The van der Waals surface area contributed by atoms with Crippen molar-refractivity contribution in [3.05, 3.63) is 81.7 Å². The first-order valence-corrected chi connectivity index (χ1v) is 11.4. The Morgan fingerprint density at radius 3 is 1.31 bits per heavy atom. The van der Waals surface area contributed by atoms with Crippen LogP contribution in [0.5, 0.6) is 0 Å². The summed E-state index contributed by atoms with van der Waals surface area (Å²) in [5, 5.41) is 2.57. The molecule has 2 heterocycles. The smallest absolute Gasteiger partial charge is 0.0497 e. The molecule has 3 aromatic carbocycles. The van der Waals surface area contributed by atoms with Gasteiger partial charge in [-0.05, 0) is 55.1 Å². The number of thiophene rings is 2. The normalized spacial score (nSPS) is 11.5. The second-order valence-electron chi connectivity index (χ2n) is 6.07. The van der Waals surface area contributed by atoms with Gasteiger partial charge in [-0.15, -0.1) is 22.7 Å². The minimum Gasteiger partial charge on any atom is -0.134 e. The van der Waals surface area contributed by atoms with E-state index in [0.29, 0.717) is 0 Å². The number of benzene rings is 3. The van der Waals surface area contributed by atoms with Gasteiger partial charge in [-0.3, -0.25) is 0 Å². The summed E-state index contributed by atoms with van der Waals surface area (Å²) in [6.07, 6.45) is 0. The van der Waals surface area contributed by atoms with E-state index in [9.17, 15) is 0 Å². The molecule has 0 radical (unpaired) electrons. The lowest BCUT2D eigenvalue weighted by molar-refractivity contribution is 1.69. The van der Waals surface area contributed by atoms with Gasteiger partial charge in [0.2, 0.25) is 0 Å². The van der Waals surface area contributed by atoms with Crippen molar-refractivity contribution in [1.29, 1.82) is 0 Å². The molecule has 0 saturated carbocycles. The van der Waals surface area contributed by atoms with E-state index in [1.54, 1.807) is 0 Å². The topological polar surface area (TPSA) is 0 Å². The van der Waals surface area contributed by atoms with Gasteiger partial charge in [-0.25, -0.2) is 0 Å². The van der Waals surface area contributed by atoms with Gasteiger partial charge in [-0.1, -0.05) is 60.7 Å². The second-order valence-corrected chi connectivity index (χ2v) is 9.76. The molecular formula is C22H12Br2S2. The molecule has 0 atom stereocenters. The summed E-state index contributed by atoms with van der Waals surface area (Å²) in [6.45, 7) is 0. The molecule has 0 N–H and O–H groups in total. The maximum absolute atomic E-state index is 3.85. The van der Waals surface area contributed by atoms with Gasteiger partial charge >= 0.3 is 0 Å². The molecule has 0 spiro atoms. The minimum absolute atomic E-state index is 1.19. The van der Waals surface area contributed by atoms with E-state index in [1.165, 1.54) is 50.0 Å². The lowest BCUT2D eigenvalue weighted by Crippen LogP contribution is -1.72. The molecule has 0 saturated heterocycles. The van der Waals surface area contributed by atoms with Gasteiger partial charge in [-0.2, -0.15) is 0 Å². The van der Waals surface area contributed by atoms with E-state index < -0.39 is 0 Å². The van der Waals surface area contributed by atoms with Crippen LogP contribution < -0.4 is 0 Å². The number of rotatable bonds is 2. The van der Waals surface area contributed by atoms with Crippen molar-refractivity contribution in [2.45, 2.75) is 0 Å². The third-order valence-electron chi connectivity index (χ3n) is 4.45. The predicted molar refractivity (Wildman–Crippen MR) is 123 cm³/mol. The van der Waals surface area contributed by atoms with Crippen molar-refractivity contribution in [2.24, 2.45) is 0 Å². The van der Waals surface area contributed by atoms with Gasteiger partial charge in [0.1, 0.15) is 0 Å². The van der Waals surface area contributed by atoms with Crippen molar-refractivity contribution < 1.29 is 0 Å². The van der Waals surface area contributed by atoms with E-state index in [0.717, 1.165) is 0 Å². The Labute approximate surface area is 176 Å². The molecule has 5 rings (SSSR count). The highest BCUT2D eigenvalue weighted by Crippen LogP contribution is 2.48. The van der Waals surface area contributed by atoms with Crippen molar-refractivity contribution >= 4 is 74.7 Å². The molecule has 0 aliphatic carbocycles. The molecule has 26 heavy (non-hydrogen) atoms. The van der Waals surface area contributed by atoms with E-state index >= 15 is 0 Å². The fraction of sp³-hybridized carbons (Fsp3) is 0. The Morgan fingerprint density at radius 2 is 0.923 bits per heavy atom. The van der Waals surface area contributed by atoms with Crippen LogP contribution in [0, 0.1) is 0 Å². The van der Waals surface area contributed by atoms with Crippen LogP contribution in [0.3, 0.4) is 0 Å². The molecule has 5 aromatic rings. The number of hydrogen-bond donors (Lipinski definition) is 0. The number of fused-ring (bicyclic) bond motifs is 2. The first kappa shape index (κ1) is 16.7. The Bertz CT molecular complexity index is 1140. The van der Waals surface area contributed by atoms with Gasteiger partial charge in [0.15, 0.2) is 0 Å². The Morgan fingerprint density at radius 1 is 0.538 bits per heavy atom. The summed E-state index contributed by atoms with van der Waals surface area (Å²) in [4.78, 5) is 2.58. The summed E-state index contributed by atoms with van der Waals surface area (Å²) >= 11 is 11.4. The summed E-state index contributed by atoms with van der Waals surface area (Å²) in [5.41, 5.74) is 2.51. The molecule has 0 nitrogen and oxygen atoms in total. The third-order valence-corrected chi connectivity index (χ3v) is 9.02. The average Bonchev–Trinajstić information content (AvgIpc) is 3.19. The van der Waals surface area contributed by atoms with Crippen LogP contribution in [0.4, 0.5) is 0 Å². The zero-order valence-corrected chi connectivity index (χ0v) is 18.3. The lowest BCUT2D eigenvalue weighted by atomic mass is 10.1. The van der Waals surface area contributed by atoms with Crippen LogP contribution in [-0.4, -0.2) is 0 Å². The third kappa shape index (κ3) is 2.67. The highest BCUT2D eigenvalue weighted by Gasteiger charge is 2.17. The first-order chi connectivity index (χ1) is 12.7. The molecule has 0 unspecified atom stereocenters. The van der Waals surface area contributed by atoms with E-state index in [2.05, 4.69) is 105 Å². The summed E-state index contributed by atoms with van der Waals surface area (Å²) < 4.78 is 5.00. The van der Waals surface area contributed by atoms with Crippen LogP contribution in [0.15, 0.2) is 81.7 Å². The molecular weight excluding hydrogens is 488 g/mol. The highest BCUT2D eigenvalue weighted by atomic mass is 79.9. The van der Waals surface area contributed by atoms with Crippen LogP contribution in [-0.2, 0) is 0 Å². The summed E-state index contributed by atoms with van der Waals surface area (Å²) in [5.74, 6) is 0. The van der Waals surface area contributed by atoms with Crippen molar-refractivity contribution in [3.63, 3.8) is 0 Å². The molecule has 0 aliphatic rings. The molecule has 0 aliphatic heterocycles. The SMILES string of the molecule is Brc1c(-c2ccccc2)sc2cc3c(Br)c(-c4ccccc4)sc3cc12.